The zero-order valence-electron chi connectivity index (χ0n) is 22.5. The van der Waals surface area contributed by atoms with Crippen molar-refractivity contribution in [2.75, 3.05) is 38.2 Å². The average molecular weight is 562 g/mol. The van der Waals surface area contributed by atoms with E-state index in [0.29, 0.717) is 48.8 Å². The molecular formula is C30H29F2N5O4. The van der Waals surface area contributed by atoms with Crippen molar-refractivity contribution in [1.29, 1.82) is 0 Å². The largest absolute Gasteiger partial charge is 0.493 e. The summed E-state index contributed by atoms with van der Waals surface area (Å²) in [4.78, 5) is 32.1. The Labute approximate surface area is 235 Å². The number of aromatic nitrogens is 3. The van der Waals surface area contributed by atoms with Gasteiger partial charge in [0, 0.05) is 55.8 Å². The van der Waals surface area contributed by atoms with Crippen molar-refractivity contribution in [1.82, 2.24) is 20.1 Å². The fraction of sp³-hybridized carbons (Fsp3) is 0.267. The molecule has 0 atom stereocenters. The third-order valence-corrected chi connectivity index (χ3v) is 6.94. The molecule has 1 saturated heterocycles. The van der Waals surface area contributed by atoms with Gasteiger partial charge in [0.05, 0.1) is 7.11 Å². The summed E-state index contributed by atoms with van der Waals surface area (Å²) in [6.07, 6.45) is 0.293. The topological polar surface area (TPSA) is 101 Å². The number of hydrogen-bond acceptors (Lipinski definition) is 7. The van der Waals surface area contributed by atoms with E-state index in [1.165, 1.54) is 25.3 Å². The van der Waals surface area contributed by atoms with Crippen LogP contribution in [0.5, 0.6) is 11.5 Å². The van der Waals surface area contributed by atoms with Crippen molar-refractivity contribution in [3.8, 4) is 22.9 Å². The smallest absolute Gasteiger partial charge is 0.273 e. The lowest BCUT2D eigenvalue weighted by Gasteiger charge is -2.36. The Morgan fingerprint density at radius 2 is 1.71 bits per heavy atom. The summed E-state index contributed by atoms with van der Waals surface area (Å²) in [7, 11) is 1.48. The average Bonchev–Trinajstić information content (AvgIpc) is 3.00. The lowest BCUT2D eigenvalue weighted by Crippen LogP contribution is -2.48. The van der Waals surface area contributed by atoms with Crippen LogP contribution in [-0.2, 0) is 17.8 Å². The maximum Gasteiger partial charge on any atom is 0.273 e. The van der Waals surface area contributed by atoms with Crippen LogP contribution in [0, 0.1) is 11.6 Å². The van der Waals surface area contributed by atoms with Gasteiger partial charge in [0.15, 0.2) is 17.3 Å². The molecule has 0 aliphatic carbocycles. The molecule has 1 aliphatic heterocycles. The summed E-state index contributed by atoms with van der Waals surface area (Å²) in [6, 6.07) is 17.6. The molecular weight excluding hydrogens is 532 g/mol. The normalized spacial score (nSPS) is 13.2. The van der Waals surface area contributed by atoms with Crippen molar-refractivity contribution >= 4 is 11.6 Å². The second-order valence-electron chi connectivity index (χ2n) is 9.54. The third-order valence-electron chi connectivity index (χ3n) is 6.94. The number of H-pyrrole nitrogens is 1. The van der Waals surface area contributed by atoms with Crippen molar-refractivity contribution in [3.63, 3.8) is 0 Å². The molecule has 41 heavy (non-hydrogen) atoms. The Hall–Kier alpha value is -4.80. The zero-order chi connectivity index (χ0) is 28.8. The minimum absolute atomic E-state index is 0.0242. The summed E-state index contributed by atoms with van der Waals surface area (Å²) in [6.45, 7) is 2.39. The van der Waals surface area contributed by atoms with E-state index in [4.69, 9.17) is 9.47 Å². The second kappa shape index (κ2) is 12.6. The Bertz CT molecular complexity index is 1570. The van der Waals surface area contributed by atoms with Crippen LogP contribution in [0.3, 0.4) is 0 Å². The van der Waals surface area contributed by atoms with Crippen molar-refractivity contribution in [2.45, 2.75) is 19.4 Å². The van der Waals surface area contributed by atoms with E-state index in [2.05, 4.69) is 20.1 Å². The molecule has 1 N–H and O–H groups in total. The van der Waals surface area contributed by atoms with E-state index >= 15 is 0 Å². The quantitative estimate of drug-likeness (QED) is 0.330. The minimum Gasteiger partial charge on any atom is -0.493 e. The van der Waals surface area contributed by atoms with Crippen LogP contribution in [0.15, 0.2) is 71.5 Å². The van der Waals surface area contributed by atoms with Gasteiger partial charge >= 0.3 is 0 Å². The van der Waals surface area contributed by atoms with Gasteiger partial charge in [-0.1, -0.05) is 18.2 Å². The van der Waals surface area contributed by atoms with E-state index in [-0.39, 0.29) is 48.5 Å². The van der Waals surface area contributed by atoms with E-state index < -0.39 is 5.56 Å². The molecule has 3 aromatic carbocycles. The third kappa shape index (κ3) is 6.68. The number of methoxy groups -OCH3 is 1. The van der Waals surface area contributed by atoms with Crippen molar-refractivity contribution in [3.05, 3.63) is 100.0 Å². The number of amides is 1. The monoisotopic (exact) mass is 561 g/mol. The first kappa shape index (κ1) is 27.8. The Morgan fingerprint density at radius 3 is 2.41 bits per heavy atom. The molecule has 0 radical (unpaired) electrons. The summed E-state index contributed by atoms with van der Waals surface area (Å²) >= 11 is 0. The Kier molecular flexibility index (Phi) is 8.52. The molecule has 1 aromatic heterocycles. The number of nitrogens with one attached hydrogen (secondary N) is 1. The van der Waals surface area contributed by atoms with Crippen LogP contribution in [-0.4, -0.2) is 59.3 Å². The Balaban J connectivity index is 1.17. The van der Waals surface area contributed by atoms with E-state index in [0.717, 1.165) is 5.69 Å². The molecule has 2 heterocycles. The summed E-state index contributed by atoms with van der Waals surface area (Å²) < 4.78 is 38.3. The first-order chi connectivity index (χ1) is 19.9. The number of carbonyl (C=O) groups is 1. The number of aromatic amines is 1. The number of rotatable bonds is 9. The van der Waals surface area contributed by atoms with Gasteiger partial charge < -0.3 is 24.3 Å². The number of ether oxygens (including phenoxy) is 2. The molecule has 0 bridgehead atoms. The minimum atomic E-state index is -0.428. The second-order valence-corrected chi connectivity index (χ2v) is 9.54. The van der Waals surface area contributed by atoms with Crippen LogP contribution < -0.4 is 19.9 Å². The van der Waals surface area contributed by atoms with Crippen molar-refractivity contribution in [2.24, 2.45) is 0 Å². The number of piperazine rings is 1. The summed E-state index contributed by atoms with van der Waals surface area (Å²) in [5.41, 5.74) is 1.62. The summed E-state index contributed by atoms with van der Waals surface area (Å²) in [5, 5.41) is 8.23. The lowest BCUT2D eigenvalue weighted by atomic mass is 10.1. The molecule has 5 rings (SSSR count). The highest BCUT2D eigenvalue weighted by atomic mass is 19.1. The molecule has 212 valence electrons. The van der Waals surface area contributed by atoms with Gasteiger partial charge in [0.25, 0.3) is 5.56 Å². The fourth-order valence-corrected chi connectivity index (χ4v) is 4.61. The summed E-state index contributed by atoms with van der Waals surface area (Å²) in [5.74, 6) is 0.321. The fourth-order valence-electron chi connectivity index (χ4n) is 4.61. The van der Waals surface area contributed by atoms with Gasteiger partial charge in [-0.2, -0.15) is 0 Å². The standard InChI is InChI=1S/C30H29F2N5O4/c1-40-27-18-20(6-12-26(27)41-19-21-4-2-3-5-24(21)32)29-33-30(39)25(34-35-29)11-13-28(38)37-16-14-36(15-17-37)23-9-7-22(31)8-10-23/h2-10,12,18H,11,13-17,19H2,1H3,(H,33,35,39). The molecule has 1 aliphatic rings. The van der Waals surface area contributed by atoms with E-state index in [1.807, 2.05) is 0 Å². The number of aryl methyl sites for hydroxylation is 1. The van der Waals surface area contributed by atoms with Crippen LogP contribution in [0.1, 0.15) is 17.7 Å². The number of anilines is 1. The van der Waals surface area contributed by atoms with Gasteiger partial charge in [0.1, 0.15) is 23.9 Å². The van der Waals surface area contributed by atoms with Crippen LogP contribution in [0.25, 0.3) is 11.4 Å². The molecule has 1 amide bonds. The van der Waals surface area contributed by atoms with Gasteiger partial charge in [-0.15, -0.1) is 10.2 Å². The number of halogens is 2. The molecule has 11 heteroatoms. The van der Waals surface area contributed by atoms with Gasteiger partial charge in [0.2, 0.25) is 5.91 Å². The molecule has 4 aromatic rings. The van der Waals surface area contributed by atoms with Crippen LogP contribution in [0.2, 0.25) is 0 Å². The number of nitrogens with zero attached hydrogens (tertiary/aromatic N) is 4. The van der Waals surface area contributed by atoms with Crippen molar-refractivity contribution < 1.29 is 23.0 Å². The van der Waals surface area contributed by atoms with Gasteiger partial charge in [-0.25, -0.2) is 8.78 Å². The van der Waals surface area contributed by atoms with Gasteiger partial charge in [-0.3, -0.25) is 9.59 Å². The Morgan fingerprint density at radius 1 is 0.951 bits per heavy atom. The van der Waals surface area contributed by atoms with E-state index in [9.17, 15) is 18.4 Å². The first-order valence-electron chi connectivity index (χ1n) is 13.2. The van der Waals surface area contributed by atoms with Gasteiger partial charge in [-0.05, 0) is 48.5 Å². The zero-order valence-corrected chi connectivity index (χ0v) is 22.5. The lowest BCUT2D eigenvalue weighted by molar-refractivity contribution is -0.131. The number of hydrogen-bond donors (Lipinski definition) is 1. The van der Waals surface area contributed by atoms with E-state index in [1.54, 1.807) is 53.4 Å². The number of carbonyl (C=O) groups excluding carboxylic acids is 1. The van der Waals surface area contributed by atoms with Crippen LogP contribution in [0.4, 0.5) is 14.5 Å². The predicted molar refractivity (Wildman–Crippen MR) is 149 cm³/mol. The molecule has 0 spiro atoms. The predicted octanol–water partition coefficient (Wildman–Crippen LogP) is 3.98. The SMILES string of the molecule is COc1cc(-c2nnc(CCC(=O)N3CCN(c4ccc(F)cc4)CC3)c(=O)[nH]2)ccc1OCc1ccccc1F. The van der Waals surface area contributed by atoms with Crippen LogP contribution >= 0.6 is 0 Å². The molecule has 0 unspecified atom stereocenters. The molecule has 1 fully saturated rings. The first-order valence-corrected chi connectivity index (χ1v) is 13.2. The highest BCUT2D eigenvalue weighted by Gasteiger charge is 2.22. The highest BCUT2D eigenvalue weighted by Crippen LogP contribution is 2.32. The molecule has 9 nitrogen and oxygen atoms in total. The molecule has 0 saturated carbocycles. The highest BCUT2D eigenvalue weighted by molar-refractivity contribution is 5.76. The number of benzene rings is 3. The maximum absolute atomic E-state index is 13.9. The maximum atomic E-state index is 13.9.